The van der Waals surface area contributed by atoms with Crippen LogP contribution in [0.2, 0.25) is 0 Å². The van der Waals surface area contributed by atoms with Gasteiger partial charge in [0.25, 0.3) is 0 Å². The average molecular weight is 250 g/mol. The second kappa shape index (κ2) is 5.10. The number of benzene rings is 1. The van der Waals surface area contributed by atoms with E-state index in [1.54, 1.807) is 19.1 Å². The van der Waals surface area contributed by atoms with E-state index < -0.39 is 11.6 Å². The molecular weight excluding hydrogens is 238 g/mol. The van der Waals surface area contributed by atoms with E-state index in [-0.39, 0.29) is 11.6 Å². The average Bonchev–Trinajstić information content (AvgIpc) is 2.35. The van der Waals surface area contributed by atoms with Gasteiger partial charge in [-0.25, -0.2) is 9.37 Å². The predicted molar refractivity (Wildman–Crippen MR) is 63.3 cm³/mol. The van der Waals surface area contributed by atoms with Crippen LogP contribution >= 0.6 is 0 Å². The van der Waals surface area contributed by atoms with Gasteiger partial charge in [0.15, 0.2) is 11.6 Å². The first kappa shape index (κ1) is 12.4. The summed E-state index contributed by atoms with van der Waals surface area (Å²) in [5.41, 5.74) is 7.08. The molecule has 3 nitrogen and oxygen atoms in total. The summed E-state index contributed by atoms with van der Waals surface area (Å²) in [5.74, 6) is -1.97. The highest BCUT2D eigenvalue weighted by Crippen LogP contribution is 2.25. The Hall–Kier alpha value is -2.01. The summed E-state index contributed by atoms with van der Waals surface area (Å²) in [6.45, 7) is 2.14. The molecule has 0 aliphatic heterocycles. The van der Waals surface area contributed by atoms with Crippen LogP contribution in [0.25, 0.3) is 0 Å². The number of pyridine rings is 1. The molecule has 0 bridgehead atoms. The number of nitrogens with two attached hydrogens (primary N) is 1. The third-order valence-electron chi connectivity index (χ3n) is 2.52. The molecule has 0 aliphatic carbocycles. The van der Waals surface area contributed by atoms with Crippen molar-refractivity contribution in [3.05, 3.63) is 53.2 Å². The first-order valence-corrected chi connectivity index (χ1v) is 5.40. The summed E-state index contributed by atoms with van der Waals surface area (Å²) in [4.78, 5) is 4.12. The Kier molecular flexibility index (Phi) is 3.53. The molecule has 1 heterocycles. The van der Waals surface area contributed by atoms with Gasteiger partial charge >= 0.3 is 0 Å². The van der Waals surface area contributed by atoms with Gasteiger partial charge in [0.2, 0.25) is 11.7 Å². The first-order valence-electron chi connectivity index (χ1n) is 5.40. The first-order chi connectivity index (χ1) is 8.61. The molecule has 0 saturated carbocycles. The molecule has 2 aromatic rings. The van der Waals surface area contributed by atoms with Gasteiger partial charge in [-0.1, -0.05) is 12.1 Å². The third kappa shape index (κ3) is 2.46. The molecule has 2 rings (SSSR count). The molecule has 18 heavy (non-hydrogen) atoms. The van der Waals surface area contributed by atoms with Crippen molar-refractivity contribution in [3.63, 3.8) is 0 Å². The van der Waals surface area contributed by atoms with E-state index in [4.69, 9.17) is 10.5 Å². The van der Waals surface area contributed by atoms with Gasteiger partial charge in [-0.2, -0.15) is 4.39 Å². The van der Waals surface area contributed by atoms with E-state index in [0.29, 0.717) is 12.2 Å². The Morgan fingerprint density at radius 3 is 2.67 bits per heavy atom. The number of hydrogen-bond donors (Lipinski definition) is 1. The van der Waals surface area contributed by atoms with E-state index in [1.165, 1.54) is 12.1 Å². The zero-order valence-corrected chi connectivity index (χ0v) is 9.78. The van der Waals surface area contributed by atoms with Gasteiger partial charge in [0, 0.05) is 18.3 Å². The second-order valence-electron chi connectivity index (χ2n) is 3.75. The summed E-state index contributed by atoms with van der Waals surface area (Å²) in [7, 11) is 0. The van der Waals surface area contributed by atoms with Crippen LogP contribution in [-0.4, -0.2) is 4.98 Å². The monoisotopic (exact) mass is 250 g/mol. The fourth-order valence-electron chi connectivity index (χ4n) is 1.51. The van der Waals surface area contributed by atoms with E-state index in [1.807, 2.05) is 0 Å². The van der Waals surface area contributed by atoms with Crippen molar-refractivity contribution in [1.29, 1.82) is 0 Å². The Bertz CT molecular complexity index is 573. The van der Waals surface area contributed by atoms with Gasteiger partial charge in [0.1, 0.15) is 0 Å². The second-order valence-corrected chi connectivity index (χ2v) is 3.75. The Labute approximate surface area is 103 Å². The molecule has 94 valence electrons. The van der Waals surface area contributed by atoms with Crippen molar-refractivity contribution < 1.29 is 13.5 Å². The molecule has 5 heteroatoms. The third-order valence-corrected chi connectivity index (χ3v) is 2.52. The van der Waals surface area contributed by atoms with Gasteiger partial charge < -0.3 is 10.5 Å². The van der Waals surface area contributed by atoms with Crippen molar-refractivity contribution in [3.8, 4) is 11.6 Å². The maximum absolute atomic E-state index is 13.4. The van der Waals surface area contributed by atoms with Gasteiger partial charge in [-0.3, -0.25) is 0 Å². The number of aryl methyl sites for hydroxylation is 1. The fraction of sp³-hybridized carbons (Fsp3) is 0.154. The van der Waals surface area contributed by atoms with Crippen molar-refractivity contribution in [1.82, 2.24) is 4.98 Å². The summed E-state index contributed by atoms with van der Waals surface area (Å²) < 4.78 is 31.6. The zero-order valence-electron chi connectivity index (χ0n) is 9.78. The van der Waals surface area contributed by atoms with E-state index in [0.717, 1.165) is 11.6 Å². The highest BCUT2D eigenvalue weighted by Gasteiger charge is 2.10. The molecule has 0 fully saturated rings. The minimum absolute atomic E-state index is 0.192. The molecule has 0 atom stereocenters. The standard InChI is InChI=1S/C13H12F2N2O/c1-8-9(7-16)5-6-12(17-8)18-11-4-2-3-10(14)13(11)15/h2-6H,7,16H2,1H3. The quantitative estimate of drug-likeness (QED) is 0.911. The summed E-state index contributed by atoms with van der Waals surface area (Å²) in [5, 5.41) is 0. The lowest BCUT2D eigenvalue weighted by atomic mass is 10.2. The highest BCUT2D eigenvalue weighted by atomic mass is 19.2. The lowest BCUT2D eigenvalue weighted by molar-refractivity contribution is 0.404. The van der Waals surface area contributed by atoms with Gasteiger partial charge in [0.05, 0.1) is 0 Å². The number of ether oxygens (including phenoxy) is 1. The largest absolute Gasteiger partial charge is 0.436 e. The summed E-state index contributed by atoms with van der Waals surface area (Å²) in [6, 6.07) is 7.05. The number of aromatic nitrogens is 1. The van der Waals surface area contributed by atoms with Crippen LogP contribution in [0.5, 0.6) is 11.6 Å². The van der Waals surface area contributed by atoms with Gasteiger partial charge in [-0.15, -0.1) is 0 Å². The molecule has 1 aromatic carbocycles. The van der Waals surface area contributed by atoms with E-state index >= 15 is 0 Å². The summed E-state index contributed by atoms with van der Waals surface area (Å²) >= 11 is 0. The smallest absolute Gasteiger partial charge is 0.219 e. The normalized spacial score (nSPS) is 10.4. The Morgan fingerprint density at radius 1 is 1.22 bits per heavy atom. The van der Waals surface area contributed by atoms with Crippen LogP contribution in [0.1, 0.15) is 11.3 Å². The molecule has 0 spiro atoms. The molecule has 2 N–H and O–H groups in total. The molecule has 0 amide bonds. The summed E-state index contributed by atoms with van der Waals surface area (Å²) in [6.07, 6.45) is 0. The number of nitrogens with zero attached hydrogens (tertiary/aromatic N) is 1. The van der Waals surface area contributed by atoms with Crippen LogP contribution < -0.4 is 10.5 Å². The van der Waals surface area contributed by atoms with Crippen LogP contribution in [0.3, 0.4) is 0 Å². The lowest BCUT2D eigenvalue weighted by Gasteiger charge is -2.08. The van der Waals surface area contributed by atoms with E-state index in [9.17, 15) is 8.78 Å². The van der Waals surface area contributed by atoms with Crippen molar-refractivity contribution in [2.45, 2.75) is 13.5 Å². The molecule has 1 aromatic heterocycles. The van der Waals surface area contributed by atoms with Gasteiger partial charge in [-0.05, 0) is 24.6 Å². The Balaban J connectivity index is 2.29. The number of rotatable bonds is 3. The zero-order chi connectivity index (χ0) is 13.1. The maximum atomic E-state index is 13.4. The predicted octanol–water partition coefficient (Wildman–Crippen LogP) is 2.92. The van der Waals surface area contributed by atoms with Crippen LogP contribution in [0, 0.1) is 18.6 Å². The van der Waals surface area contributed by atoms with Crippen LogP contribution in [-0.2, 0) is 6.54 Å². The highest BCUT2D eigenvalue weighted by molar-refractivity contribution is 5.31. The van der Waals surface area contributed by atoms with Crippen LogP contribution in [0.4, 0.5) is 8.78 Å². The topological polar surface area (TPSA) is 48.1 Å². The molecule has 0 radical (unpaired) electrons. The number of halogens is 2. The van der Waals surface area contributed by atoms with Crippen molar-refractivity contribution >= 4 is 0 Å². The van der Waals surface area contributed by atoms with Crippen molar-refractivity contribution in [2.24, 2.45) is 5.73 Å². The molecule has 0 unspecified atom stereocenters. The molecule has 0 saturated heterocycles. The fourth-order valence-corrected chi connectivity index (χ4v) is 1.51. The van der Waals surface area contributed by atoms with Crippen LogP contribution in [0.15, 0.2) is 30.3 Å². The van der Waals surface area contributed by atoms with Crippen molar-refractivity contribution in [2.75, 3.05) is 0 Å². The lowest BCUT2D eigenvalue weighted by Crippen LogP contribution is -2.02. The molecular formula is C13H12F2N2O. The SMILES string of the molecule is Cc1nc(Oc2cccc(F)c2F)ccc1CN. The molecule has 0 aliphatic rings. The maximum Gasteiger partial charge on any atom is 0.219 e. The minimum Gasteiger partial charge on any atom is -0.436 e. The Morgan fingerprint density at radius 2 is 2.00 bits per heavy atom. The minimum atomic E-state index is -1.03. The number of hydrogen-bond acceptors (Lipinski definition) is 3. The van der Waals surface area contributed by atoms with E-state index in [2.05, 4.69) is 4.98 Å².